The van der Waals surface area contributed by atoms with Crippen molar-refractivity contribution in [3.8, 4) is 29.9 Å². The number of fused-ring (bicyclic) bond motifs is 1. The molecule has 0 radical (unpaired) electrons. The first-order chi connectivity index (χ1) is 12.9. The van der Waals surface area contributed by atoms with Gasteiger partial charge in [-0.1, -0.05) is 17.8 Å². The van der Waals surface area contributed by atoms with Crippen LogP contribution < -0.4 is 10.1 Å². The number of ether oxygens (including phenoxy) is 2. The van der Waals surface area contributed by atoms with E-state index in [1.54, 1.807) is 39.5 Å². The number of carbonyl (C=O) groups excluding carboxylic acids is 1. The molecule has 6 heteroatoms. The molecule has 0 aliphatic rings. The smallest absolute Gasteiger partial charge is 0.272 e. The first-order valence-corrected chi connectivity index (χ1v) is 9.54. The normalized spacial score (nSPS) is 11.8. The Bertz CT molecular complexity index is 922. The van der Waals surface area contributed by atoms with Gasteiger partial charge in [-0.15, -0.1) is 18.2 Å². The number of hydrogen-bond donors (Lipinski definition) is 1. The Hall–Kier alpha value is -2.67. The molecule has 1 N–H and O–H groups in total. The minimum absolute atomic E-state index is 0.275. The molecule has 1 aromatic carbocycles. The van der Waals surface area contributed by atoms with Crippen molar-refractivity contribution < 1.29 is 14.3 Å². The number of methoxy groups -OCH3 is 1. The van der Waals surface area contributed by atoms with Gasteiger partial charge in [-0.05, 0) is 44.4 Å². The Balaban J connectivity index is 2.21. The van der Waals surface area contributed by atoms with E-state index in [4.69, 9.17) is 15.9 Å². The predicted molar refractivity (Wildman–Crippen MR) is 109 cm³/mol. The summed E-state index contributed by atoms with van der Waals surface area (Å²) in [6.07, 6.45) is 8.95. The van der Waals surface area contributed by atoms with Gasteiger partial charge in [-0.2, -0.15) is 0 Å². The van der Waals surface area contributed by atoms with E-state index in [2.05, 4.69) is 28.1 Å². The molecule has 0 fully saturated rings. The Morgan fingerprint density at radius 2 is 2.19 bits per heavy atom. The summed E-state index contributed by atoms with van der Waals surface area (Å²) in [4.78, 5) is 16.8. The van der Waals surface area contributed by atoms with Crippen LogP contribution in [0.25, 0.3) is 10.9 Å². The highest BCUT2D eigenvalue weighted by atomic mass is 32.2. The third kappa shape index (κ3) is 5.92. The molecule has 1 atom stereocenters. The van der Waals surface area contributed by atoms with Crippen molar-refractivity contribution in [2.45, 2.75) is 24.8 Å². The average molecular weight is 382 g/mol. The van der Waals surface area contributed by atoms with E-state index in [1.165, 1.54) is 11.8 Å². The number of nitrogens with one attached hydrogen (secondary N) is 1. The van der Waals surface area contributed by atoms with Crippen LogP contribution in [0.15, 0.2) is 30.5 Å². The maximum Gasteiger partial charge on any atom is 0.272 e. The van der Waals surface area contributed by atoms with Crippen molar-refractivity contribution >= 4 is 28.6 Å². The maximum atomic E-state index is 12.4. The Morgan fingerprint density at radius 1 is 1.41 bits per heavy atom. The second kappa shape index (κ2) is 9.32. The highest BCUT2D eigenvalue weighted by molar-refractivity contribution is 7.99. The Kier molecular flexibility index (Phi) is 7.12. The largest absolute Gasteiger partial charge is 0.470 e. The minimum Gasteiger partial charge on any atom is -0.470 e. The van der Waals surface area contributed by atoms with Crippen molar-refractivity contribution in [1.29, 1.82) is 0 Å². The van der Waals surface area contributed by atoms with E-state index in [0.29, 0.717) is 12.4 Å². The van der Waals surface area contributed by atoms with Gasteiger partial charge in [0, 0.05) is 24.3 Å². The van der Waals surface area contributed by atoms with Gasteiger partial charge < -0.3 is 14.8 Å². The maximum absolute atomic E-state index is 12.4. The quantitative estimate of drug-likeness (QED) is 0.615. The molecule has 140 valence electrons. The lowest BCUT2D eigenvalue weighted by Gasteiger charge is -2.23. The highest BCUT2D eigenvalue weighted by Crippen LogP contribution is 2.23. The van der Waals surface area contributed by atoms with E-state index in [0.717, 1.165) is 16.5 Å². The molecule has 2 rings (SSSR count). The molecular weight excluding hydrogens is 360 g/mol. The van der Waals surface area contributed by atoms with E-state index < -0.39 is 11.0 Å². The van der Waals surface area contributed by atoms with Gasteiger partial charge in [0.1, 0.15) is 12.4 Å². The van der Waals surface area contributed by atoms with Crippen LogP contribution in [0, 0.1) is 24.2 Å². The Morgan fingerprint density at radius 3 is 2.85 bits per heavy atom. The van der Waals surface area contributed by atoms with Crippen LogP contribution in [0.5, 0.6) is 5.75 Å². The number of terminal acetylenes is 1. The van der Waals surface area contributed by atoms with Gasteiger partial charge >= 0.3 is 0 Å². The van der Waals surface area contributed by atoms with Crippen LogP contribution in [-0.4, -0.2) is 41.8 Å². The second-order valence-electron chi connectivity index (χ2n) is 6.26. The number of amides is 1. The molecule has 27 heavy (non-hydrogen) atoms. The number of hydrogen-bond acceptors (Lipinski definition) is 5. The number of rotatable bonds is 6. The van der Waals surface area contributed by atoms with E-state index in [1.807, 2.05) is 18.2 Å². The summed E-state index contributed by atoms with van der Waals surface area (Å²) in [5, 5.41) is 3.66. The van der Waals surface area contributed by atoms with Crippen LogP contribution in [-0.2, 0) is 9.53 Å². The summed E-state index contributed by atoms with van der Waals surface area (Å²) in [6, 6.07) is 7.40. The zero-order valence-corrected chi connectivity index (χ0v) is 16.6. The summed E-state index contributed by atoms with van der Waals surface area (Å²) >= 11 is 1.29. The molecule has 0 bridgehead atoms. The average Bonchev–Trinajstić information content (AvgIpc) is 2.65. The molecule has 1 amide bonds. The molecule has 0 saturated heterocycles. The minimum atomic E-state index is -0.739. The van der Waals surface area contributed by atoms with Crippen LogP contribution in [0.2, 0.25) is 0 Å². The molecular formula is C21H22N2O3S. The van der Waals surface area contributed by atoms with Crippen LogP contribution >= 0.6 is 11.8 Å². The van der Waals surface area contributed by atoms with Crippen LogP contribution in [0.3, 0.4) is 0 Å². The molecule has 0 spiro atoms. The first-order valence-electron chi connectivity index (χ1n) is 8.25. The number of benzene rings is 1. The van der Waals surface area contributed by atoms with E-state index in [9.17, 15) is 4.79 Å². The molecule has 1 aromatic heterocycles. The van der Waals surface area contributed by atoms with Crippen molar-refractivity contribution in [2.24, 2.45) is 0 Å². The first kappa shape index (κ1) is 20.6. The molecule has 0 saturated carbocycles. The van der Waals surface area contributed by atoms with Gasteiger partial charge in [0.2, 0.25) is 5.44 Å². The molecule has 0 aliphatic carbocycles. The summed E-state index contributed by atoms with van der Waals surface area (Å²) in [5.41, 5.74) is 0.148. The Labute approximate surface area is 164 Å². The summed E-state index contributed by atoms with van der Waals surface area (Å²) in [5.74, 6) is 8.73. The second-order valence-corrected chi connectivity index (χ2v) is 7.16. The van der Waals surface area contributed by atoms with E-state index in [-0.39, 0.29) is 5.91 Å². The van der Waals surface area contributed by atoms with Crippen molar-refractivity contribution in [2.75, 3.05) is 20.0 Å². The third-order valence-electron chi connectivity index (χ3n) is 3.57. The molecule has 1 unspecified atom stereocenters. The van der Waals surface area contributed by atoms with Gasteiger partial charge in [-0.3, -0.25) is 9.78 Å². The van der Waals surface area contributed by atoms with Gasteiger partial charge in [0.05, 0.1) is 11.1 Å². The van der Waals surface area contributed by atoms with E-state index >= 15 is 0 Å². The number of aromatic nitrogens is 1. The highest BCUT2D eigenvalue weighted by Gasteiger charge is 2.25. The molecule has 1 heterocycles. The lowest BCUT2D eigenvalue weighted by atomic mass is 10.1. The standard InChI is InChI=1S/C21H22N2O3S/c1-6-21(2,3)23-19(24)20(27-5)26-17-9-10-18-16(13-17)12-15(14-22-18)8-7-11-25-4/h1,9-10,12-14,20H,11H2,2-5H3,(H,23,24). The number of nitrogens with zero attached hydrogens (tertiary/aromatic N) is 1. The van der Waals surface area contributed by atoms with Crippen molar-refractivity contribution in [3.63, 3.8) is 0 Å². The zero-order valence-electron chi connectivity index (χ0n) is 15.8. The van der Waals surface area contributed by atoms with Gasteiger partial charge in [0.25, 0.3) is 5.91 Å². The lowest BCUT2D eigenvalue weighted by molar-refractivity contribution is -0.125. The summed E-state index contributed by atoms with van der Waals surface area (Å²) in [7, 11) is 1.60. The molecule has 5 nitrogen and oxygen atoms in total. The fourth-order valence-electron chi connectivity index (χ4n) is 2.20. The zero-order chi connectivity index (χ0) is 19.9. The molecule has 0 aliphatic heterocycles. The van der Waals surface area contributed by atoms with Gasteiger partial charge in [-0.25, -0.2) is 0 Å². The fraction of sp³-hybridized carbons (Fsp3) is 0.333. The monoisotopic (exact) mass is 382 g/mol. The van der Waals surface area contributed by atoms with Crippen molar-refractivity contribution in [3.05, 3.63) is 36.0 Å². The van der Waals surface area contributed by atoms with Gasteiger partial charge in [0.15, 0.2) is 0 Å². The predicted octanol–water partition coefficient (Wildman–Crippen LogP) is 2.83. The lowest BCUT2D eigenvalue weighted by Crippen LogP contribution is -2.47. The SMILES string of the molecule is C#CC(C)(C)NC(=O)C(Oc1ccc2ncc(C#CCOC)cc2c1)SC. The summed E-state index contributed by atoms with van der Waals surface area (Å²) < 4.78 is 10.8. The molecule has 2 aromatic rings. The van der Waals surface area contributed by atoms with Crippen LogP contribution in [0.1, 0.15) is 19.4 Å². The third-order valence-corrected chi connectivity index (χ3v) is 4.31. The van der Waals surface area contributed by atoms with Crippen LogP contribution in [0.4, 0.5) is 0 Å². The summed E-state index contributed by atoms with van der Waals surface area (Å²) in [6.45, 7) is 3.88. The topological polar surface area (TPSA) is 60.5 Å². The number of thioether (sulfide) groups is 1. The number of carbonyl (C=O) groups is 1. The fourth-order valence-corrected chi connectivity index (χ4v) is 2.68. The number of pyridine rings is 1. The van der Waals surface area contributed by atoms with Crippen molar-refractivity contribution in [1.82, 2.24) is 10.3 Å².